The van der Waals surface area contributed by atoms with Crippen molar-refractivity contribution in [2.45, 2.75) is 71.5 Å². The van der Waals surface area contributed by atoms with Gasteiger partial charge in [-0.2, -0.15) is 0 Å². The first-order valence-corrected chi connectivity index (χ1v) is 10.4. The van der Waals surface area contributed by atoms with Crippen molar-refractivity contribution in [2.75, 3.05) is 5.32 Å². The zero-order valence-corrected chi connectivity index (χ0v) is 18.6. The van der Waals surface area contributed by atoms with Crippen LogP contribution in [-0.4, -0.2) is 29.2 Å². The molecule has 1 N–H and O–H groups in total. The molecule has 1 aromatic heterocycles. The zero-order valence-electron chi connectivity index (χ0n) is 17.8. The highest BCUT2D eigenvalue weighted by molar-refractivity contribution is 7.15. The van der Waals surface area contributed by atoms with Crippen molar-refractivity contribution in [3.63, 3.8) is 0 Å². The van der Waals surface area contributed by atoms with Gasteiger partial charge >= 0.3 is 7.12 Å². The van der Waals surface area contributed by atoms with Crippen molar-refractivity contribution in [1.82, 2.24) is 4.98 Å². The summed E-state index contributed by atoms with van der Waals surface area (Å²) in [5.41, 5.74) is 1.19. The van der Waals surface area contributed by atoms with Crippen LogP contribution in [0, 0.1) is 0 Å². The molecule has 150 valence electrons. The predicted molar refractivity (Wildman–Crippen MR) is 115 cm³/mol. The molecule has 2 aromatic rings. The second-order valence-corrected chi connectivity index (χ2v) is 10.4. The van der Waals surface area contributed by atoms with Gasteiger partial charge in [0.1, 0.15) is 0 Å². The van der Waals surface area contributed by atoms with Gasteiger partial charge in [0.2, 0.25) is 5.91 Å². The lowest BCUT2D eigenvalue weighted by Gasteiger charge is -2.32. The van der Waals surface area contributed by atoms with Crippen LogP contribution in [0.2, 0.25) is 0 Å². The smallest absolute Gasteiger partial charge is 0.399 e. The summed E-state index contributed by atoms with van der Waals surface area (Å²) in [6.07, 6.45) is 2.13. The Morgan fingerprint density at radius 3 is 2.18 bits per heavy atom. The van der Waals surface area contributed by atoms with E-state index in [1.165, 1.54) is 11.3 Å². The minimum absolute atomic E-state index is 0.0317. The van der Waals surface area contributed by atoms with Crippen LogP contribution in [0.1, 0.15) is 58.9 Å². The molecule has 0 bridgehead atoms. The topological polar surface area (TPSA) is 60.5 Å². The van der Waals surface area contributed by atoms with Gasteiger partial charge in [-0.3, -0.25) is 4.79 Å². The number of thiazole rings is 1. The van der Waals surface area contributed by atoms with Crippen molar-refractivity contribution >= 4 is 35.0 Å². The molecule has 1 fully saturated rings. The van der Waals surface area contributed by atoms with Crippen molar-refractivity contribution in [2.24, 2.45) is 0 Å². The summed E-state index contributed by atoms with van der Waals surface area (Å²) in [5, 5.41) is 3.54. The minimum Gasteiger partial charge on any atom is -0.399 e. The molecule has 3 rings (SSSR count). The number of benzene rings is 1. The largest absolute Gasteiger partial charge is 0.494 e. The first kappa shape index (κ1) is 21.0. The molecule has 1 saturated heterocycles. The van der Waals surface area contributed by atoms with E-state index >= 15 is 0 Å². The molecule has 0 spiro atoms. The van der Waals surface area contributed by atoms with Gasteiger partial charge in [0.15, 0.2) is 5.13 Å². The normalized spacial score (nSPS) is 18.3. The number of aromatic nitrogens is 1. The van der Waals surface area contributed by atoms with Gasteiger partial charge in [-0.15, -0.1) is 11.3 Å². The quantitative estimate of drug-likeness (QED) is 0.791. The Hall–Kier alpha value is -1.70. The van der Waals surface area contributed by atoms with Crippen LogP contribution in [0.15, 0.2) is 30.5 Å². The van der Waals surface area contributed by atoms with E-state index < -0.39 is 0 Å². The van der Waals surface area contributed by atoms with Crippen LogP contribution in [0.25, 0.3) is 0 Å². The summed E-state index contributed by atoms with van der Waals surface area (Å²) in [4.78, 5) is 17.8. The molecule has 5 nitrogen and oxygen atoms in total. The third kappa shape index (κ3) is 4.48. The fourth-order valence-corrected chi connectivity index (χ4v) is 3.69. The minimum atomic E-state index is -0.390. The monoisotopic (exact) mass is 400 g/mol. The predicted octanol–water partition coefficient (Wildman–Crippen LogP) is 3.92. The molecule has 1 aromatic carbocycles. The summed E-state index contributed by atoms with van der Waals surface area (Å²) in [5.74, 6) is -0.0711. The molecule has 0 unspecified atom stereocenters. The maximum absolute atomic E-state index is 12.4. The molecule has 0 atom stereocenters. The Morgan fingerprint density at radius 1 is 1.11 bits per heavy atom. The van der Waals surface area contributed by atoms with Crippen LogP contribution in [-0.2, 0) is 25.9 Å². The average Bonchev–Trinajstić information content (AvgIpc) is 3.10. The first-order valence-electron chi connectivity index (χ1n) is 9.58. The Morgan fingerprint density at radius 2 is 1.68 bits per heavy atom. The lowest BCUT2D eigenvalue weighted by atomic mass is 9.79. The van der Waals surface area contributed by atoms with Gasteiger partial charge in [-0.1, -0.05) is 45.0 Å². The number of nitrogens with zero attached hydrogens (tertiary/aromatic N) is 1. The highest BCUT2D eigenvalue weighted by Gasteiger charge is 2.51. The second-order valence-electron chi connectivity index (χ2n) is 9.33. The van der Waals surface area contributed by atoms with Gasteiger partial charge in [-0.05, 0) is 44.1 Å². The lowest BCUT2D eigenvalue weighted by Crippen LogP contribution is -2.41. The van der Waals surface area contributed by atoms with Crippen molar-refractivity contribution < 1.29 is 14.1 Å². The third-order valence-corrected chi connectivity index (χ3v) is 6.70. The summed E-state index contributed by atoms with van der Waals surface area (Å²) in [6.45, 7) is 14.5. The second kappa shape index (κ2) is 7.28. The average molecular weight is 400 g/mol. The van der Waals surface area contributed by atoms with Gasteiger partial charge in [0.25, 0.3) is 0 Å². The Labute approximate surface area is 172 Å². The van der Waals surface area contributed by atoms with E-state index in [0.29, 0.717) is 11.6 Å². The maximum atomic E-state index is 12.4. The van der Waals surface area contributed by atoms with Crippen LogP contribution < -0.4 is 10.8 Å². The SMILES string of the molecule is CC(C)(C)c1cnc(NC(=O)Cc2ccc(B3OC(C)(C)C(C)(C)O3)cc2)s1. The first-order chi connectivity index (χ1) is 12.9. The van der Waals surface area contributed by atoms with E-state index in [1.54, 1.807) is 0 Å². The number of carbonyl (C=O) groups is 1. The fourth-order valence-electron chi connectivity index (χ4n) is 2.80. The van der Waals surface area contributed by atoms with Crippen LogP contribution in [0.4, 0.5) is 5.13 Å². The third-order valence-electron chi connectivity index (χ3n) is 5.36. The zero-order chi connectivity index (χ0) is 20.7. The van der Waals surface area contributed by atoms with Gasteiger partial charge < -0.3 is 14.6 Å². The molecule has 0 saturated carbocycles. The molecule has 7 heteroatoms. The Kier molecular flexibility index (Phi) is 5.47. The molecule has 2 heterocycles. The Balaban J connectivity index is 1.60. The molecule has 1 amide bonds. The molecular weight excluding hydrogens is 371 g/mol. The highest BCUT2D eigenvalue weighted by Crippen LogP contribution is 2.36. The van der Waals surface area contributed by atoms with Crippen molar-refractivity contribution in [3.05, 3.63) is 40.9 Å². The molecule has 1 aliphatic heterocycles. The fraction of sp³-hybridized carbons (Fsp3) is 0.524. The number of amides is 1. The van der Waals surface area contributed by atoms with E-state index in [9.17, 15) is 4.79 Å². The number of hydrogen-bond acceptors (Lipinski definition) is 5. The summed E-state index contributed by atoms with van der Waals surface area (Å²) >= 11 is 1.52. The van der Waals surface area contributed by atoms with E-state index in [4.69, 9.17) is 9.31 Å². The molecule has 0 aliphatic carbocycles. The van der Waals surface area contributed by atoms with E-state index in [0.717, 1.165) is 15.9 Å². The molecule has 0 radical (unpaired) electrons. The van der Waals surface area contributed by atoms with Crippen molar-refractivity contribution in [1.29, 1.82) is 0 Å². The van der Waals surface area contributed by atoms with Gasteiger partial charge in [0.05, 0.1) is 17.6 Å². The number of carbonyl (C=O) groups excluding carboxylic acids is 1. The summed E-state index contributed by atoms with van der Waals surface area (Å²) < 4.78 is 12.1. The standard InChI is InChI=1S/C21H29BN2O3S/c1-19(2,3)16-13-23-18(28-16)24-17(25)12-14-8-10-15(11-9-14)22-26-20(4,5)21(6,7)27-22/h8-11,13H,12H2,1-7H3,(H,23,24,25). The van der Waals surface area contributed by atoms with Gasteiger partial charge in [0, 0.05) is 11.1 Å². The molecule has 1 aliphatic rings. The lowest BCUT2D eigenvalue weighted by molar-refractivity contribution is -0.115. The highest BCUT2D eigenvalue weighted by atomic mass is 32.1. The van der Waals surface area contributed by atoms with Crippen LogP contribution in [0.3, 0.4) is 0 Å². The Bertz CT molecular complexity index is 837. The number of anilines is 1. The van der Waals surface area contributed by atoms with Crippen molar-refractivity contribution in [3.8, 4) is 0 Å². The van der Waals surface area contributed by atoms with Crippen LogP contribution in [0.5, 0.6) is 0 Å². The van der Waals surface area contributed by atoms with E-state index in [2.05, 4.69) is 31.1 Å². The summed E-state index contributed by atoms with van der Waals surface area (Å²) in [7, 11) is -0.390. The molecular formula is C21H29BN2O3S. The number of hydrogen-bond donors (Lipinski definition) is 1. The van der Waals surface area contributed by atoms with Crippen LogP contribution >= 0.6 is 11.3 Å². The van der Waals surface area contributed by atoms with E-state index in [1.807, 2.05) is 58.2 Å². The summed E-state index contributed by atoms with van der Waals surface area (Å²) in [6, 6.07) is 7.82. The van der Waals surface area contributed by atoms with Gasteiger partial charge in [-0.25, -0.2) is 4.98 Å². The van der Waals surface area contributed by atoms with E-state index in [-0.39, 0.29) is 29.6 Å². The number of nitrogens with one attached hydrogen (secondary N) is 1. The number of rotatable bonds is 4. The maximum Gasteiger partial charge on any atom is 0.494 e. The molecule has 28 heavy (non-hydrogen) atoms.